The minimum atomic E-state index is -2.09. The normalized spacial score (nSPS) is 20.4. The van der Waals surface area contributed by atoms with Crippen LogP contribution in [0.5, 0.6) is 0 Å². The first-order valence-electron chi connectivity index (χ1n) is 7.35. The highest BCUT2D eigenvalue weighted by Gasteiger charge is 2.46. The number of nitrogens with zero attached hydrogens (tertiary/aromatic N) is 3. The number of anilines is 2. The molecule has 1 unspecified atom stereocenters. The van der Waals surface area contributed by atoms with Crippen LogP contribution in [-0.2, 0) is 4.79 Å². The van der Waals surface area contributed by atoms with Crippen LogP contribution in [-0.4, -0.2) is 34.6 Å². The van der Waals surface area contributed by atoms with Gasteiger partial charge in [-0.2, -0.15) is 0 Å². The number of amides is 1. The smallest absolute Gasteiger partial charge is 0.265 e. The average molecular weight is 384 g/mol. The number of hydrogen-bond acceptors (Lipinski definition) is 6. The fourth-order valence-electron chi connectivity index (χ4n) is 2.70. The first-order valence-corrected chi connectivity index (χ1v) is 9.05. The molecule has 1 saturated heterocycles. The maximum Gasteiger partial charge on any atom is 0.265 e. The van der Waals surface area contributed by atoms with Gasteiger partial charge in [-0.15, -0.1) is 11.3 Å². The molecule has 25 heavy (non-hydrogen) atoms. The highest BCUT2D eigenvalue weighted by molar-refractivity contribution is 7.22. The Morgan fingerprint density at radius 2 is 2.20 bits per heavy atom. The molecule has 1 aliphatic rings. The van der Waals surface area contributed by atoms with Gasteiger partial charge in [0.15, 0.2) is 16.1 Å². The fourth-order valence-corrected chi connectivity index (χ4v) is 4.25. The molecule has 1 aromatic carbocycles. The van der Waals surface area contributed by atoms with Crippen molar-refractivity contribution in [3.05, 3.63) is 35.3 Å². The molecular formula is C15H11F3N4OS2. The second-order valence-electron chi connectivity index (χ2n) is 5.66. The quantitative estimate of drug-likeness (QED) is 0.750. The number of fused-ring (bicyclic) bond motifs is 1. The molecule has 1 atom stereocenters. The summed E-state index contributed by atoms with van der Waals surface area (Å²) in [5.74, 6) is -2.21. The van der Waals surface area contributed by atoms with Crippen LogP contribution in [0.1, 0.15) is 6.42 Å². The van der Waals surface area contributed by atoms with E-state index in [0.717, 1.165) is 17.4 Å². The molecule has 10 heteroatoms. The number of carbonyl (C=O) groups excluding carboxylic acids is 1. The zero-order valence-electron chi connectivity index (χ0n) is 12.6. The van der Waals surface area contributed by atoms with Crippen molar-refractivity contribution in [2.24, 2.45) is 0 Å². The minimum absolute atomic E-state index is 0.0169. The Morgan fingerprint density at radius 3 is 2.96 bits per heavy atom. The number of halogens is 3. The summed E-state index contributed by atoms with van der Waals surface area (Å²) in [6.45, 7) is 0.0554. The maximum atomic E-state index is 15.0. The molecule has 0 bridgehead atoms. The van der Waals surface area contributed by atoms with Gasteiger partial charge in [-0.25, -0.2) is 23.1 Å². The lowest BCUT2D eigenvalue weighted by Crippen LogP contribution is -2.41. The zero-order chi connectivity index (χ0) is 17.6. The predicted octanol–water partition coefficient (Wildman–Crippen LogP) is 3.59. The summed E-state index contributed by atoms with van der Waals surface area (Å²) < 4.78 is 42.4. The number of hydrogen-bond donors (Lipinski definition) is 1. The van der Waals surface area contributed by atoms with Gasteiger partial charge < -0.3 is 4.90 Å². The molecule has 0 saturated carbocycles. The molecule has 5 nitrogen and oxygen atoms in total. The Labute approximate surface area is 148 Å². The highest BCUT2D eigenvalue weighted by atomic mass is 32.1. The maximum absolute atomic E-state index is 15.0. The number of aromatic nitrogens is 2. The Bertz CT molecular complexity index is 946. The van der Waals surface area contributed by atoms with Crippen molar-refractivity contribution in [1.29, 1.82) is 0 Å². The van der Waals surface area contributed by atoms with E-state index in [9.17, 15) is 18.0 Å². The van der Waals surface area contributed by atoms with Crippen LogP contribution >= 0.6 is 22.7 Å². The Kier molecular flexibility index (Phi) is 3.88. The van der Waals surface area contributed by atoms with Crippen LogP contribution in [0.2, 0.25) is 0 Å². The monoisotopic (exact) mass is 384 g/mol. The van der Waals surface area contributed by atoms with Gasteiger partial charge in [-0.3, -0.25) is 10.1 Å². The molecule has 3 aromatic rings. The predicted molar refractivity (Wildman–Crippen MR) is 90.9 cm³/mol. The Hall–Kier alpha value is -2.20. The lowest BCUT2D eigenvalue weighted by Gasteiger charge is -2.19. The van der Waals surface area contributed by atoms with E-state index in [-0.39, 0.29) is 25.0 Å². The van der Waals surface area contributed by atoms with E-state index < -0.39 is 23.2 Å². The van der Waals surface area contributed by atoms with Gasteiger partial charge in [0.05, 0.1) is 11.2 Å². The number of alkyl halides is 1. The molecule has 3 heterocycles. The molecule has 1 aliphatic heterocycles. The van der Waals surface area contributed by atoms with Gasteiger partial charge in [0.2, 0.25) is 5.67 Å². The Morgan fingerprint density at radius 1 is 1.36 bits per heavy atom. The molecule has 1 fully saturated rings. The average Bonchev–Trinajstić information content (AvgIpc) is 3.26. The van der Waals surface area contributed by atoms with Gasteiger partial charge in [-0.1, -0.05) is 11.3 Å². The van der Waals surface area contributed by atoms with E-state index in [2.05, 4.69) is 15.3 Å². The summed E-state index contributed by atoms with van der Waals surface area (Å²) in [7, 11) is 0. The van der Waals surface area contributed by atoms with E-state index in [1.54, 1.807) is 10.3 Å². The van der Waals surface area contributed by atoms with E-state index in [0.29, 0.717) is 15.0 Å². The van der Waals surface area contributed by atoms with Crippen LogP contribution in [0, 0.1) is 11.6 Å². The molecule has 2 aromatic heterocycles. The molecule has 130 valence electrons. The van der Waals surface area contributed by atoms with Crippen molar-refractivity contribution in [3.63, 3.8) is 0 Å². The van der Waals surface area contributed by atoms with Gasteiger partial charge in [-0.05, 0) is 6.07 Å². The van der Waals surface area contributed by atoms with Gasteiger partial charge in [0.1, 0.15) is 11.3 Å². The lowest BCUT2D eigenvalue weighted by atomic mass is 10.1. The molecule has 1 amide bonds. The van der Waals surface area contributed by atoms with Crippen molar-refractivity contribution in [2.45, 2.75) is 12.1 Å². The summed E-state index contributed by atoms with van der Waals surface area (Å²) in [6, 6.07) is 1.95. The molecule has 0 aliphatic carbocycles. The SMILES string of the molecule is O=C(Nc1nccs1)C1(F)CCN(c2nc3c(F)cc(F)cc3s2)C1. The molecule has 0 radical (unpaired) electrons. The third kappa shape index (κ3) is 2.95. The molecule has 0 spiro atoms. The number of rotatable bonds is 3. The fraction of sp³-hybridized carbons (Fsp3) is 0.267. The van der Waals surface area contributed by atoms with Crippen LogP contribution in [0.25, 0.3) is 10.2 Å². The van der Waals surface area contributed by atoms with E-state index in [1.165, 1.54) is 23.6 Å². The number of carbonyl (C=O) groups is 1. The third-order valence-electron chi connectivity index (χ3n) is 3.95. The first-order chi connectivity index (χ1) is 11.9. The van der Waals surface area contributed by atoms with Gasteiger partial charge in [0, 0.05) is 30.6 Å². The van der Waals surface area contributed by atoms with Crippen molar-refractivity contribution in [1.82, 2.24) is 9.97 Å². The number of nitrogens with one attached hydrogen (secondary N) is 1. The second-order valence-corrected chi connectivity index (χ2v) is 7.56. The first kappa shape index (κ1) is 16.3. The number of thiazole rings is 2. The van der Waals surface area contributed by atoms with E-state index in [4.69, 9.17) is 0 Å². The lowest BCUT2D eigenvalue weighted by molar-refractivity contribution is -0.126. The highest BCUT2D eigenvalue weighted by Crippen LogP contribution is 2.36. The zero-order valence-corrected chi connectivity index (χ0v) is 14.3. The van der Waals surface area contributed by atoms with Crippen LogP contribution in [0.3, 0.4) is 0 Å². The van der Waals surface area contributed by atoms with Crippen molar-refractivity contribution in [3.8, 4) is 0 Å². The van der Waals surface area contributed by atoms with E-state index >= 15 is 0 Å². The van der Waals surface area contributed by atoms with Crippen LogP contribution in [0.4, 0.5) is 23.4 Å². The van der Waals surface area contributed by atoms with Crippen molar-refractivity contribution < 1.29 is 18.0 Å². The minimum Gasteiger partial charge on any atom is -0.344 e. The molecular weight excluding hydrogens is 373 g/mol. The van der Waals surface area contributed by atoms with Crippen molar-refractivity contribution >= 4 is 49.1 Å². The largest absolute Gasteiger partial charge is 0.344 e. The van der Waals surface area contributed by atoms with Crippen molar-refractivity contribution in [2.75, 3.05) is 23.3 Å². The van der Waals surface area contributed by atoms with Gasteiger partial charge in [0.25, 0.3) is 5.91 Å². The molecule has 1 N–H and O–H groups in total. The summed E-state index contributed by atoms with van der Waals surface area (Å²) >= 11 is 2.27. The standard InChI is InChI=1S/C15H11F3N4OS2/c16-8-5-9(17)11-10(6-8)25-14(20-11)22-3-1-15(18,7-22)12(23)21-13-19-2-4-24-13/h2,4-6H,1,3,7H2,(H,19,21,23). The second kappa shape index (κ2) is 5.95. The van der Waals surface area contributed by atoms with Crippen LogP contribution < -0.4 is 10.2 Å². The Balaban J connectivity index is 1.55. The molecule has 4 rings (SSSR count). The third-order valence-corrected chi connectivity index (χ3v) is 5.70. The van der Waals surface area contributed by atoms with Crippen LogP contribution in [0.15, 0.2) is 23.7 Å². The van der Waals surface area contributed by atoms with E-state index in [1.807, 2.05) is 0 Å². The topological polar surface area (TPSA) is 58.1 Å². The summed E-state index contributed by atoms with van der Waals surface area (Å²) in [5.41, 5.74) is -2.04. The summed E-state index contributed by atoms with van der Waals surface area (Å²) in [5, 5.41) is 4.83. The van der Waals surface area contributed by atoms with Gasteiger partial charge >= 0.3 is 0 Å². The summed E-state index contributed by atoms with van der Waals surface area (Å²) in [6.07, 6.45) is 1.50. The summed E-state index contributed by atoms with van der Waals surface area (Å²) in [4.78, 5) is 21.8. The number of benzene rings is 1.